The first-order valence-corrected chi connectivity index (χ1v) is 19.3. The van der Waals surface area contributed by atoms with E-state index in [4.69, 9.17) is 10.2 Å². The van der Waals surface area contributed by atoms with Crippen molar-refractivity contribution < 1.29 is 68.4 Å². The van der Waals surface area contributed by atoms with Crippen LogP contribution in [0, 0.1) is 0 Å². The van der Waals surface area contributed by atoms with Gasteiger partial charge in [-0.05, 0) is 25.7 Å². The number of aliphatic hydroxyl groups is 2. The number of rotatable bonds is 34. The normalized spacial score (nSPS) is 13.2. The van der Waals surface area contributed by atoms with E-state index in [1.807, 2.05) is 24.3 Å². The average Bonchev–Trinajstić information content (AvgIpc) is 3.08. The molecule has 0 radical (unpaired) electrons. The number of carboxylic acids is 4. The van der Waals surface area contributed by atoms with Crippen LogP contribution in [0.5, 0.6) is 0 Å². The molecule has 2 amide bonds. The topological polar surface area (TPSA) is 254 Å². The van der Waals surface area contributed by atoms with Crippen LogP contribution in [0.15, 0.2) is 24.3 Å². The number of carboxylic acid groups (broad SMARTS) is 4. The van der Waals surface area contributed by atoms with Gasteiger partial charge in [-0.1, -0.05) is 51.0 Å². The van der Waals surface area contributed by atoms with Crippen LogP contribution in [-0.2, 0) is 28.8 Å². The molecule has 0 saturated heterocycles. The Labute approximate surface area is 357 Å². The largest absolute Gasteiger partial charge is 2.00 e. The number of unbranched alkanes of at least 4 members (excludes halogenated alkanes) is 2. The third-order valence-electron chi connectivity index (χ3n) is 8.89. The first-order valence-electron chi connectivity index (χ1n) is 19.3. The number of nitrogens with one attached hydrogen (secondary N) is 2. The molecule has 0 aromatic rings. The summed E-state index contributed by atoms with van der Waals surface area (Å²) in [6, 6.07) is 0. The fraction of sp³-hybridized carbons (Fsp3) is 0.737. The van der Waals surface area contributed by atoms with Gasteiger partial charge in [-0.15, -0.1) is 0 Å². The number of aliphatic carboxylic acids is 4. The maximum atomic E-state index is 11.9. The maximum Gasteiger partial charge on any atom is 2.00 e. The summed E-state index contributed by atoms with van der Waals surface area (Å²) in [6.45, 7) is 8.50. The van der Waals surface area contributed by atoms with Crippen molar-refractivity contribution in [2.75, 3.05) is 78.7 Å². The number of quaternary nitrogens is 2. The molecule has 2 unspecified atom stereocenters. The SMILES string of the molecule is CCC/C=C/CC(=O)NCC[N+](CCO)(CCCC(=O)[O-])CCCC(=O)O.CCC/C=C/CC(=O)NCC[N+](CCO)(CCCC(=O)[O-])CCCC(=O)O.[Ca+2]. The molecule has 0 spiro atoms. The summed E-state index contributed by atoms with van der Waals surface area (Å²) in [5, 5.41) is 63.6. The van der Waals surface area contributed by atoms with E-state index in [9.17, 15) is 49.2 Å². The van der Waals surface area contributed by atoms with Crippen LogP contribution in [-0.4, -0.2) is 181 Å². The van der Waals surface area contributed by atoms with Gasteiger partial charge in [0.05, 0.1) is 78.4 Å². The fourth-order valence-corrected chi connectivity index (χ4v) is 5.97. The fourth-order valence-electron chi connectivity index (χ4n) is 5.97. The van der Waals surface area contributed by atoms with E-state index in [0.29, 0.717) is 113 Å². The van der Waals surface area contributed by atoms with Crippen molar-refractivity contribution in [2.45, 2.75) is 104 Å². The Kier molecular flexibility index (Phi) is 38.2. The number of hydrogen-bond donors (Lipinski definition) is 6. The van der Waals surface area contributed by atoms with Crippen molar-refractivity contribution >= 4 is 73.4 Å². The van der Waals surface area contributed by atoms with E-state index in [1.165, 1.54) is 0 Å². The van der Waals surface area contributed by atoms with Crippen molar-refractivity contribution in [2.24, 2.45) is 0 Å². The Balaban J connectivity index is -0.000000966. The van der Waals surface area contributed by atoms with Gasteiger partial charge in [0, 0.05) is 50.5 Å². The number of allylic oxidation sites excluding steroid dienone is 2. The minimum absolute atomic E-state index is 0. The zero-order chi connectivity index (χ0) is 41.1. The number of carbonyl (C=O) groups excluding carboxylic acids is 4. The standard InChI is InChI=1S/2C19H34N2O6.Ca/c2*1-2-3-4-5-8-17(23)20-11-14-21(15-16-22,12-6-9-18(24)25)13-7-10-19(26)27;/h2*4-5,22H,2-3,6-16H2,1H3,(H2-,20,23,24,25,26,27);/q;;+2/b2*5-4+;. The van der Waals surface area contributed by atoms with Crippen molar-refractivity contribution in [1.29, 1.82) is 0 Å². The maximum absolute atomic E-state index is 11.9. The molecule has 0 bridgehead atoms. The third kappa shape index (κ3) is 35.6. The van der Waals surface area contributed by atoms with Gasteiger partial charge in [0.15, 0.2) is 0 Å². The zero-order valence-electron chi connectivity index (χ0n) is 33.4. The molecule has 2 atom stereocenters. The summed E-state index contributed by atoms with van der Waals surface area (Å²) in [7, 11) is 0. The van der Waals surface area contributed by atoms with Crippen molar-refractivity contribution in [3.63, 3.8) is 0 Å². The number of amides is 2. The number of carbonyl (C=O) groups is 6. The van der Waals surface area contributed by atoms with Crippen LogP contribution in [0.3, 0.4) is 0 Å². The van der Waals surface area contributed by atoms with Gasteiger partial charge < -0.3 is 59.8 Å². The second-order valence-electron chi connectivity index (χ2n) is 13.5. The molecule has 0 aromatic carbocycles. The Morgan fingerprint density at radius 2 is 0.855 bits per heavy atom. The van der Waals surface area contributed by atoms with Crippen LogP contribution >= 0.6 is 0 Å². The molecule has 0 fully saturated rings. The van der Waals surface area contributed by atoms with Gasteiger partial charge in [-0.3, -0.25) is 19.2 Å². The predicted octanol–water partition coefficient (Wildman–Crippen LogP) is -0.275. The Bertz CT molecular complexity index is 1010. The van der Waals surface area contributed by atoms with Crippen LogP contribution in [0.1, 0.15) is 104 Å². The van der Waals surface area contributed by atoms with Gasteiger partial charge in [-0.2, -0.15) is 0 Å². The molecule has 0 aliphatic heterocycles. The summed E-state index contributed by atoms with van der Waals surface area (Å²) < 4.78 is 0.756. The minimum Gasteiger partial charge on any atom is -0.550 e. The van der Waals surface area contributed by atoms with Crippen LogP contribution in [0.4, 0.5) is 0 Å². The van der Waals surface area contributed by atoms with E-state index in [2.05, 4.69) is 24.5 Å². The molecule has 16 nitrogen and oxygen atoms in total. The van der Waals surface area contributed by atoms with E-state index >= 15 is 0 Å². The summed E-state index contributed by atoms with van der Waals surface area (Å²) in [4.78, 5) is 66.7. The van der Waals surface area contributed by atoms with Gasteiger partial charge >= 0.3 is 49.7 Å². The second kappa shape index (κ2) is 37.0. The molecule has 0 rings (SSSR count). The Hall–Kier alpha value is -2.60. The molecular formula is C38H68CaN4O12+2. The molecule has 0 aliphatic carbocycles. The molecule has 0 saturated carbocycles. The molecule has 17 heteroatoms. The van der Waals surface area contributed by atoms with Crippen LogP contribution in [0.25, 0.3) is 0 Å². The first-order chi connectivity index (χ1) is 25.7. The molecule has 6 N–H and O–H groups in total. The van der Waals surface area contributed by atoms with Crippen molar-refractivity contribution in [1.82, 2.24) is 10.6 Å². The molecule has 312 valence electrons. The second-order valence-corrected chi connectivity index (χ2v) is 13.5. The third-order valence-corrected chi connectivity index (χ3v) is 8.89. The summed E-state index contributed by atoms with van der Waals surface area (Å²) in [6.07, 6.45) is 13.6. The van der Waals surface area contributed by atoms with Gasteiger partial charge in [0.2, 0.25) is 11.8 Å². The molecule has 55 heavy (non-hydrogen) atoms. The smallest absolute Gasteiger partial charge is 0.550 e. The van der Waals surface area contributed by atoms with Crippen LogP contribution < -0.4 is 20.8 Å². The average molecular weight is 813 g/mol. The molecule has 0 aromatic heterocycles. The monoisotopic (exact) mass is 812 g/mol. The van der Waals surface area contributed by atoms with Gasteiger partial charge in [0.1, 0.15) is 13.1 Å². The number of nitrogens with zero attached hydrogens (tertiary/aromatic N) is 2. The quantitative estimate of drug-likeness (QED) is 0.0279. The summed E-state index contributed by atoms with van der Waals surface area (Å²) >= 11 is 0. The zero-order valence-corrected chi connectivity index (χ0v) is 35.6. The van der Waals surface area contributed by atoms with E-state index in [0.717, 1.165) is 25.7 Å². The Morgan fingerprint density at radius 3 is 1.13 bits per heavy atom. The van der Waals surface area contributed by atoms with E-state index in [1.54, 1.807) is 0 Å². The molecule has 0 aliphatic rings. The van der Waals surface area contributed by atoms with E-state index < -0.39 is 23.9 Å². The number of aliphatic hydroxyl groups excluding tert-OH is 2. The number of hydrogen-bond acceptors (Lipinski definition) is 10. The summed E-state index contributed by atoms with van der Waals surface area (Å²) in [5.41, 5.74) is 0. The Morgan fingerprint density at radius 1 is 0.527 bits per heavy atom. The van der Waals surface area contributed by atoms with Crippen molar-refractivity contribution in [3.8, 4) is 0 Å². The predicted molar refractivity (Wildman–Crippen MR) is 205 cm³/mol. The first kappa shape index (κ1) is 56.7. The van der Waals surface area contributed by atoms with Crippen molar-refractivity contribution in [3.05, 3.63) is 24.3 Å². The molecular weight excluding hydrogens is 745 g/mol. The van der Waals surface area contributed by atoms with E-state index in [-0.39, 0.29) is 88.4 Å². The van der Waals surface area contributed by atoms with Gasteiger partial charge in [-0.25, -0.2) is 0 Å². The van der Waals surface area contributed by atoms with Gasteiger partial charge in [0.25, 0.3) is 0 Å². The summed E-state index contributed by atoms with van der Waals surface area (Å²) in [5.74, 6) is -4.22. The van der Waals surface area contributed by atoms with Crippen LogP contribution in [0.2, 0.25) is 0 Å². The minimum atomic E-state index is -1.13. The molecule has 0 heterocycles.